The second kappa shape index (κ2) is 20.6. The standard InChI is InChI=1S/C28H54N2O3S3/c1-8-9-10-11-12-13-14-15-16-17-20-35-27(34)36-22(2)21-24(23(3)28(4,5)26(32)33)25(31)29-18-19-30(6)7/h22-24H,8-21H2,1-7H3,(H,29,31)(H,32,33). The third-order valence-corrected chi connectivity index (χ3v) is 9.89. The molecule has 3 atom stereocenters. The van der Waals surface area contributed by atoms with Gasteiger partial charge in [0.2, 0.25) is 5.91 Å². The Morgan fingerprint density at radius 1 is 0.972 bits per heavy atom. The topological polar surface area (TPSA) is 69.6 Å². The van der Waals surface area contributed by atoms with E-state index < -0.39 is 11.4 Å². The predicted octanol–water partition coefficient (Wildman–Crippen LogP) is 7.48. The number of carbonyl (C=O) groups excluding carboxylic acids is 1. The van der Waals surface area contributed by atoms with E-state index in [1.54, 1.807) is 37.4 Å². The van der Waals surface area contributed by atoms with Crippen LogP contribution in [0.1, 0.15) is 105 Å². The molecule has 0 spiro atoms. The summed E-state index contributed by atoms with van der Waals surface area (Å²) in [5, 5.41) is 12.9. The highest BCUT2D eigenvalue weighted by Gasteiger charge is 2.41. The SMILES string of the molecule is CCCCCCCCCCCCSC(=S)SC(C)CC(C(=O)NCCN(C)C)C(C)C(C)(C)C(=O)O. The molecule has 36 heavy (non-hydrogen) atoms. The second-order valence-electron chi connectivity index (χ2n) is 11.0. The number of carboxylic acids is 1. The first-order valence-electron chi connectivity index (χ1n) is 13.9. The number of unbranched alkanes of at least 4 members (excludes halogenated alkanes) is 9. The van der Waals surface area contributed by atoms with Crippen molar-refractivity contribution in [3.63, 3.8) is 0 Å². The fourth-order valence-electron chi connectivity index (χ4n) is 4.12. The van der Waals surface area contributed by atoms with Crippen LogP contribution < -0.4 is 5.32 Å². The number of thioether (sulfide) groups is 2. The summed E-state index contributed by atoms with van der Waals surface area (Å²) in [6, 6.07) is 0. The van der Waals surface area contributed by atoms with Gasteiger partial charge in [-0.2, -0.15) is 0 Å². The van der Waals surface area contributed by atoms with Crippen LogP contribution in [-0.4, -0.2) is 63.6 Å². The molecule has 3 unspecified atom stereocenters. The summed E-state index contributed by atoms with van der Waals surface area (Å²) >= 11 is 9.02. The molecule has 0 aliphatic heterocycles. The number of carbonyl (C=O) groups is 2. The lowest BCUT2D eigenvalue weighted by Gasteiger charge is -2.34. The van der Waals surface area contributed by atoms with Gasteiger partial charge in [0.1, 0.15) is 3.53 Å². The zero-order valence-electron chi connectivity index (χ0n) is 24.1. The minimum absolute atomic E-state index is 0.0601. The molecule has 0 heterocycles. The normalized spacial score (nSPS) is 14.4. The fourth-order valence-corrected chi connectivity index (χ4v) is 7.02. The van der Waals surface area contributed by atoms with Gasteiger partial charge in [-0.3, -0.25) is 9.59 Å². The lowest BCUT2D eigenvalue weighted by Crippen LogP contribution is -2.44. The Morgan fingerprint density at radius 3 is 2.00 bits per heavy atom. The van der Waals surface area contributed by atoms with Gasteiger partial charge in [0.15, 0.2) is 0 Å². The molecular weight excluding hydrogens is 509 g/mol. The molecule has 2 N–H and O–H groups in total. The molecule has 0 bridgehead atoms. The highest BCUT2D eigenvalue weighted by molar-refractivity contribution is 8.47. The number of likely N-dealkylation sites (N-methyl/N-ethyl adjacent to an activating group) is 1. The van der Waals surface area contributed by atoms with Crippen LogP contribution in [-0.2, 0) is 9.59 Å². The van der Waals surface area contributed by atoms with Gasteiger partial charge in [0.25, 0.3) is 0 Å². The molecule has 1 amide bonds. The molecule has 5 nitrogen and oxygen atoms in total. The Kier molecular flexibility index (Phi) is 20.4. The summed E-state index contributed by atoms with van der Waals surface area (Å²) in [4.78, 5) is 27.0. The molecule has 212 valence electrons. The van der Waals surface area contributed by atoms with E-state index in [0.717, 1.165) is 15.8 Å². The average molecular weight is 563 g/mol. The van der Waals surface area contributed by atoms with Crippen molar-refractivity contribution in [1.29, 1.82) is 0 Å². The van der Waals surface area contributed by atoms with E-state index in [9.17, 15) is 14.7 Å². The van der Waals surface area contributed by atoms with Crippen LogP contribution in [0.3, 0.4) is 0 Å². The van der Waals surface area contributed by atoms with Gasteiger partial charge in [-0.25, -0.2) is 0 Å². The van der Waals surface area contributed by atoms with E-state index >= 15 is 0 Å². The molecular formula is C28H54N2O3S3. The van der Waals surface area contributed by atoms with Crippen molar-refractivity contribution in [1.82, 2.24) is 10.2 Å². The summed E-state index contributed by atoms with van der Waals surface area (Å²) in [6.45, 7) is 11.0. The Balaban J connectivity index is 4.50. The Morgan fingerprint density at radius 2 is 1.50 bits per heavy atom. The van der Waals surface area contributed by atoms with Gasteiger partial charge in [-0.1, -0.05) is 90.8 Å². The molecule has 0 aromatic carbocycles. The first-order valence-corrected chi connectivity index (χ1v) is 16.2. The quantitative estimate of drug-likeness (QED) is 0.111. The van der Waals surface area contributed by atoms with Gasteiger partial charge in [-0.05, 0) is 52.5 Å². The average Bonchev–Trinajstić information content (AvgIpc) is 2.80. The van der Waals surface area contributed by atoms with Crippen LogP contribution in [0.15, 0.2) is 0 Å². The number of hydrogen-bond donors (Lipinski definition) is 2. The minimum Gasteiger partial charge on any atom is -0.481 e. The number of rotatable bonds is 21. The van der Waals surface area contributed by atoms with Gasteiger partial charge in [0.05, 0.1) is 5.41 Å². The Labute approximate surface area is 236 Å². The summed E-state index contributed by atoms with van der Waals surface area (Å²) in [5.74, 6) is -0.564. The summed E-state index contributed by atoms with van der Waals surface area (Å²) < 4.78 is 0.926. The van der Waals surface area contributed by atoms with Crippen molar-refractivity contribution < 1.29 is 14.7 Å². The van der Waals surface area contributed by atoms with Crippen molar-refractivity contribution in [3.05, 3.63) is 0 Å². The number of aliphatic carboxylic acids is 1. The molecule has 0 fully saturated rings. The number of nitrogens with zero attached hydrogens (tertiary/aromatic N) is 1. The van der Waals surface area contributed by atoms with Gasteiger partial charge < -0.3 is 15.3 Å². The summed E-state index contributed by atoms with van der Waals surface area (Å²) in [5.41, 5.74) is -0.987. The maximum absolute atomic E-state index is 13.1. The predicted molar refractivity (Wildman–Crippen MR) is 164 cm³/mol. The van der Waals surface area contributed by atoms with Gasteiger partial charge in [-0.15, -0.1) is 23.5 Å². The summed E-state index contributed by atoms with van der Waals surface area (Å²) in [7, 11) is 3.93. The maximum Gasteiger partial charge on any atom is 0.309 e. The lowest BCUT2D eigenvalue weighted by molar-refractivity contribution is -0.152. The number of hydrogen-bond acceptors (Lipinski definition) is 6. The van der Waals surface area contributed by atoms with E-state index in [2.05, 4.69) is 19.2 Å². The van der Waals surface area contributed by atoms with Gasteiger partial charge in [0, 0.05) is 24.3 Å². The van der Waals surface area contributed by atoms with E-state index in [-0.39, 0.29) is 23.0 Å². The number of nitrogens with one attached hydrogen (secondary N) is 1. The van der Waals surface area contributed by atoms with Crippen molar-refractivity contribution in [2.75, 3.05) is 32.9 Å². The third-order valence-electron chi connectivity index (χ3n) is 7.09. The molecule has 0 aliphatic carbocycles. The number of thiocarbonyl (C=S) groups is 1. The molecule has 0 saturated heterocycles. The zero-order chi connectivity index (χ0) is 27.6. The van der Waals surface area contributed by atoms with Crippen LogP contribution in [0.5, 0.6) is 0 Å². The van der Waals surface area contributed by atoms with E-state index in [0.29, 0.717) is 13.0 Å². The number of amides is 1. The lowest BCUT2D eigenvalue weighted by atomic mass is 9.71. The fraction of sp³-hybridized carbons (Fsp3) is 0.893. The monoisotopic (exact) mass is 562 g/mol. The number of carboxylic acid groups (broad SMARTS) is 1. The van der Waals surface area contributed by atoms with Crippen molar-refractivity contribution >= 4 is 51.1 Å². The molecule has 0 aromatic rings. The highest BCUT2D eigenvalue weighted by Crippen LogP contribution is 2.37. The first kappa shape index (κ1) is 35.7. The Hall–Kier alpha value is -0.310. The summed E-state index contributed by atoms with van der Waals surface area (Å²) in [6.07, 6.45) is 13.9. The second-order valence-corrected chi connectivity index (χ2v) is 14.7. The van der Waals surface area contributed by atoms with Crippen LogP contribution in [0, 0.1) is 17.3 Å². The van der Waals surface area contributed by atoms with Gasteiger partial charge >= 0.3 is 5.97 Å². The van der Waals surface area contributed by atoms with Crippen molar-refractivity contribution in [2.45, 2.75) is 110 Å². The largest absolute Gasteiger partial charge is 0.481 e. The van der Waals surface area contributed by atoms with E-state index in [1.807, 2.05) is 25.9 Å². The molecule has 8 heteroatoms. The third kappa shape index (κ3) is 16.5. The van der Waals surface area contributed by atoms with Crippen LogP contribution in [0.4, 0.5) is 0 Å². The molecule has 0 rings (SSSR count). The first-order chi connectivity index (χ1) is 16.9. The zero-order valence-corrected chi connectivity index (χ0v) is 26.5. The van der Waals surface area contributed by atoms with E-state index in [1.165, 1.54) is 64.2 Å². The molecule has 0 radical (unpaired) electrons. The molecule has 0 saturated carbocycles. The molecule has 0 aromatic heterocycles. The van der Waals surface area contributed by atoms with Crippen molar-refractivity contribution in [3.8, 4) is 0 Å². The van der Waals surface area contributed by atoms with Crippen LogP contribution in [0.2, 0.25) is 0 Å². The van der Waals surface area contributed by atoms with E-state index in [4.69, 9.17) is 12.2 Å². The van der Waals surface area contributed by atoms with Crippen LogP contribution in [0.25, 0.3) is 0 Å². The Bertz CT molecular complexity index is 629. The smallest absolute Gasteiger partial charge is 0.309 e. The maximum atomic E-state index is 13.1. The highest BCUT2D eigenvalue weighted by atomic mass is 32.2. The van der Waals surface area contributed by atoms with Crippen molar-refractivity contribution in [2.24, 2.45) is 17.3 Å². The van der Waals surface area contributed by atoms with Crippen LogP contribution >= 0.6 is 35.7 Å². The molecule has 0 aliphatic rings. The minimum atomic E-state index is -0.987.